The summed E-state index contributed by atoms with van der Waals surface area (Å²) in [4.78, 5) is 41.5. The molecule has 1 heterocycles. The molecule has 7 heteroatoms. The monoisotopic (exact) mass is 365 g/mol. The second-order valence-corrected chi connectivity index (χ2v) is 6.99. The van der Waals surface area contributed by atoms with Gasteiger partial charge in [-0.1, -0.05) is 38.4 Å². The Hall–Kier alpha value is -2.08. The maximum Gasteiger partial charge on any atom is 0.248 e. The quantitative estimate of drug-likeness (QED) is 0.777. The summed E-state index contributed by atoms with van der Waals surface area (Å²) in [5, 5.41) is 0.534. The second kappa shape index (κ2) is 8.34. The molecule has 1 aliphatic rings. The maximum absolute atomic E-state index is 12.6. The average Bonchev–Trinajstić information content (AvgIpc) is 2.95. The lowest BCUT2D eigenvalue weighted by Crippen LogP contribution is -2.43. The van der Waals surface area contributed by atoms with Gasteiger partial charge in [-0.05, 0) is 24.1 Å². The van der Waals surface area contributed by atoms with Crippen molar-refractivity contribution in [1.29, 1.82) is 0 Å². The van der Waals surface area contributed by atoms with E-state index in [1.807, 2.05) is 13.8 Å². The van der Waals surface area contributed by atoms with E-state index in [9.17, 15) is 14.4 Å². The van der Waals surface area contributed by atoms with Crippen LogP contribution in [0.5, 0.6) is 0 Å². The van der Waals surface area contributed by atoms with Crippen molar-refractivity contribution in [3.63, 3.8) is 0 Å². The van der Waals surface area contributed by atoms with Gasteiger partial charge in [-0.15, -0.1) is 0 Å². The first-order chi connectivity index (χ1) is 11.8. The van der Waals surface area contributed by atoms with Crippen LogP contribution in [0, 0.1) is 5.92 Å². The van der Waals surface area contributed by atoms with Crippen LogP contribution < -0.4 is 4.90 Å². The molecule has 1 aromatic rings. The first kappa shape index (κ1) is 19.2. The van der Waals surface area contributed by atoms with Gasteiger partial charge in [0.2, 0.25) is 17.7 Å². The minimum atomic E-state index is -0.222. The normalized spacial score (nSPS) is 14.4. The minimum absolute atomic E-state index is 0.00151. The van der Waals surface area contributed by atoms with Gasteiger partial charge in [0.25, 0.3) is 0 Å². The number of rotatable bonds is 6. The van der Waals surface area contributed by atoms with Crippen LogP contribution in [0.25, 0.3) is 0 Å². The van der Waals surface area contributed by atoms with Gasteiger partial charge >= 0.3 is 0 Å². The molecule has 0 radical (unpaired) electrons. The van der Waals surface area contributed by atoms with Crippen molar-refractivity contribution in [3.8, 4) is 0 Å². The van der Waals surface area contributed by atoms with E-state index in [4.69, 9.17) is 11.6 Å². The van der Waals surface area contributed by atoms with Gasteiger partial charge in [-0.25, -0.2) is 0 Å². The zero-order valence-electron chi connectivity index (χ0n) is 14.9. The number of nitrogens with zero attached hydrogens (tertiary/aromatic N) is 3. The van der Waals surface area contributed by atoms with E-state index >= 15 is 0 Å². The summed E-state index contributed by atoms with van der Waals surface area (Å²) in [6, 6.07) is 6.97. The van der Waals surface area contributed by atoms with Crippen LogP contribution in [-0.2, 0) is 14.4 Å². The number of anilines is 1. The van der Waals surface area contributed by atoms with Gasteiger partial charge in [0.05, 0.1) is 6.54 Å². The van der Waals surface area contributed by atoms with Gasteiger partial charge in [-0.3, -0.25) is 19.3 Å². The van der Waals surface area contributed by atoms with Crippen LogP contribution in [0.15, 0.2) is 24.3 Å². The summed E-state index contributed by atoms with van der Waals surface area (Å²) >= 11 is 5.98. The summed E-state index contributed by atoms with van der Waals surface area (Å²) in [6.45, 7) is 6.50. The molecular formula is C18H24ClN3O3. The lowest BCUT2D eigenvalue weighted by molar-refractivity contribution is -0.140. The smallest absolute Gasteiger partial charge is 0.248 e. The maximum atomic E-state index is 12.6. The van der Waals surface area contributed by atoms with Crippen molar-refractivity contribution in [2.45, 2.75) is 27.2 Å². The third-order valence-electron chi connectivity index (χ3n) is 3.98. The summed E-state index contributed by atoms with van der Waals surface area (Å²) in [5.74, 6) is -0.168. The van der Waals surface area contributed by atoms with Crippen molar-refractivity contribution >= 4 is 35.0 Å². The average molecular weight is 366 g/mol. The largest absolute Gasteiger partial charge is 0.333 e. The molecule has 3 amide bonds. The highest BCUT2D eigenvalue weighted by molar-refractivity contribution is 6.31. The molecule has 136 valence electrons. The SMILES string of the molecule is CCC(=O)N(CC(=O)N1CC(=O)N(c2cccc(Cl)c2)C1)CC(C)C. The highest BCUT2D eigenvalue weighted by atomic mass is 35.5. The van der Waals surface area contributed by atoms with E-state index in [1.54, 1.807) is 36.1 Å². The van der Waals surface area contributed by atoms with Crippen LogP contribution >= 0.6 is 11.6 Å². The summed E-state index contributed by atoms with van der Waals surface area (Å²) < 4.78 is 0. The molecule has 0 bridgehead atoms. The molecule has 1 aromatic carbocycles. The number of amides is 3. The van der Waals surface area contributed by atoms with Crippen LogP contribution in [0.2, 0.25) is 5.02 Å². The topological polar surface area (TPSA) is 60.9 Å². The Balaban J connectivity index is 2.05. The fourth-order valence-electron chi connectivity index (χ4n) is 2.77. The molecule has 25 heavy (non-hydrogen) atoms. The van der Waals surface area contributed by atoms with E-state index in [0.29, 0.717) is 23.7 Å². The Morgan fingerprint density at radius 3 is 2.64 bits per heavy atom. The fraction of sp³-hybridized carbons (Fsp3) is 0.500. The Kier molecular flexibility index (Phi) is 6.42. The van der Waals surface area contributed by atoms with Crippen molar-refractivity contribution in [2.75, 3.05) is 31.2 Å². The van der Waals surface area contributed by atoms with Crippen LogP contribution in [0.1, 0.15) is 27.2 Å². The number of hydrogen-bond acceptors (Lipinski definition) is 3. The number of carbonyl (C=O) groups excluding carboxylic acids is 3. The first-order valence-corrected chi connectivity index (χ1v) is 8.81. The van der Waals surface area contributed by atoms with E-state index < -0.39 is 0 Å². The number of benzene rings is 1. The molecule has 0 N–H and O–H groups in total. The number of hydrogen-bond donors (Lipinski definition) is 0. The third-order valence-corrected chi connectivity index (χ3v) is 4.21. The summed E-state index contributed by atoms with van der Waals surface area (Å²) in [6.07, 6.45) is 0.355. The minimum Gasteiger partial charge on any atom is -0.333 e. The number of halogens is 1. The second-order valence-electron chi connectivity index (χ2n) is 6.56. The molecule has 1 aliphatic heterocycles. The molecule has 1 saturated heterocycles. The summed E-state index contributed by atoms with van der Waals surface area (Å²) in [7, 11) is 0. The van der Waals surface area contributed by atoms with Crippen molar-refractivity contribution in [2.24, 2.45) is 5.92 Å². The highest BCUT2D eigenvalue weighted by Gasteiger charge is 2.32. The molecule has 0 saturated carbocycles. The standard InChI is InChI=1S/C18H24ClN3O3/c1-4-16(23)20(9-13(2)3)10-17(24)21-11-18(25)22(12-21)15-7-5-6-14(19)8-15/h5-8,13H,4,9-12H2,1-3H3. The first-order valence-electron chi connectivity index (χ1n) is 8.43. The highest BCUT2D eigenvalue weighted by Crippen LogP contribution is 2.23. The van der Waals surface area contributed by atoms with Gasteiger partial charge < -0.3 is 9.80 Å². The van der Waals surface area contributed by atoms with Gasteiger partial charge in [0, 0.05) is 23.7 Å². The fourth-order valence-corrected chi connectivity index (χ4v) is 2.95. The Morgan fingerprint density at radius 1 is 1.32 bits per heavy atom. The molecule has 0 unspecified atom stereocenters. The molecule has 1 fully saturated rings. The van der Waals surface area contributed by atoms with E-state index in [0.717, 1.165) is 0 Å². The lowest BCUT2D eigenvalue weighted by Gasteiger charge is -2.26. The molecule has 0 aromatic heterocycles. The lowest BCUT2D eigenvalue weighted by atomic mass is 10.2. The van der Waals surface area contributed by atoms with Gasteiger partial charge in [-0.2, -0.15) is 0 Å². The Morgan fingerprint density at radius 2 is 2.04 bits per heavy atom. The van der Waals surface area contributed by atoms with E-state index in [2.05, 4.69) is 0 Å². The molecule has 6 nitrogen and oxygen atoms in total. The molecule has 0 spiro atoms. The molecule has 0 atom stereocenters. The van der Waals surface area contributed by atoms with Crippen molar-refractivity contribution < 1.29 is 14.4 Å². The Labute approximate surface area is 153 Å². The van der Waals surface area contributed by atoms with E-state index in [-0.39, 0.29) is 43.4 Å². The molecule has 0 aliphatic carbocycles. The zero-order chi connectivity index (χ0) is 18.6. The van der Waals surface area contributed by atoms with E-state index in [1.165, 1.54) is 9.80 Å². The third kappa shape index (κ3) is 4.95. The van der Waals surface area contributed by atoms with Crippen LogP contribution in [0.4, 0.5) is 5.69 Å². The van der Waals surface area contributed by atoms with Crippen LogP contribution in [-0.4, -0.2) is 53.8 Å². The molecular weight excluding hydrogens is 342 g/mol. The van der Waals surface area contributed by atoms with Crippen molar-refractivity contribution in [3.05, 3.63) is 29.3 Å². The predicted octanol–water partition coefficient (Wildman–Crippen LogP) is 2.37. The zero-order valence-corrected chi connectivity index (χ0v) is 15.6. The number of carbonyl (C=O) groups is 3. The Bertz CT molecular complexity index is 663. The predicted molar refractivity (Wildman–Crippen MR) is 97.2 cm³/mol. The molecule has 2 rings (SSSR count). The van der Waals surface area contributed by atoms with Crippen LogP contribution in [0.3, 0.4) is 0 Å². The van der Waals surface area contributed by atoms with Gasteiger partial charge in [0.15, 0.2) is 0 Å². The van der Waals surface area contributed by atoms with Crippen molar-refractivity contribution in [1.82, 2.24) is 9.80 Å². The van der Waals surface area contributed by atoms with Gasteiger partial charge in [0.1, 0.15) is 13.2 Å². The summed E-state index contributed by atoms with van der Waals surface area (Å²) in [5.41, 5.74) is 0.663.